The highest BCUT2D eigenvalue weighted by Gasteiger charge is 2.05. The summed E-state index contributed by atoms with van der Waals surface area (Å²) in [5.74, 6) is 0.971. The van der Waals surface area contributed by atoms with Gasteiger partial charge in [0.15, 0.2) is 0 Å². The van der Waals surface area contributed by atoms with E-state index in [0.717, 1.165) is 18.5 Å². The van der Waals surface area contributed by atoms with Crippen molar-refractivity contribution in [2.75, 3.05) is 5.73 Å². The van der Waals surface area contributed by atoms with E-state index in [4.69, 9.17) is 22.1 Å². The van der Waals surface area contributed by atoms with Crippen molar-refractivity contribution in [1.29, 1.82) is 0 Å². The molecule has 5 heteroatoms. The summed E-state index contributed by atoms with van der Waals surface area (Å²) in [7, 11) is 0. The van der Waals surface area contributed by atoms with E-state index < -0.39 is 0 Å². The summed E-state index contributed by atoms with van der Waals surface area (Å²) in [6.45, 7) is 2.09. The van der Waals surface area contributed by atoms with Crippen LogP contribution < -0.4 is 10.5 Å². The fourth-order valence-corrected chi connectivity index (χ4v) is 1.69. The van der Waals surface area contributed by atoms with Crippen LogP contribution in [0.4, 0.5) is 5.69 Å². The first-order chi connectivity index (χ1) is 8.69. The van der Waals surface area contributed by atoms with Crippen molar-refractivity contribution in [2.45, 2.75) is 19.8 Å². The number of aromatic nitrogens is 2. The molecule has 1 aromatic heterocycles. The molecule has 18 heavy (non-hydrogen) atoms. The molecule has 0 aliphatic rings. The molecule has 4 nitrogen and oxygen atoms in total. The lowest BCUT2D eigenvalue weighted by Crippen LogP contribution is -1.95. The van der Waals surface area contributed by atoms with Crippen molar-refractivity contribution in [2.24, 2.45) is 0 Å². The highest BCUT2D eigenvalue weighted by molar-refractivity contribution is 6.32. The molecular weight excluding hydrogens is 250 g/mol. The summed E-state index contributed by atoms with van der Waals surface area (Å²) >= 11 is 6.02. The second-order valence-electron chi connectivity index (χ2n) is 3.89. The molecule has 2 aromatic rings. The normalized spacial score (nSPS) is 10.3. The zero-order chi connectivity index (χ0) is 13.0. The van der Waals surface area contributed by atoms with Crippen LogP contribution in [0.1, 0.15) is 19.0 Å². The van der Waals surface area contributed by atoms with E-state index in [1.54, 1.807) is 18.2 Å². The van der Waals surface area contributed by atoms with Crippen LogP contribution in [0.2, 0.25) is 5.02 Å². The van der Waals surface area contributed by atoms with Crippen LogP contribution in [-0.4, -0.2) is 9.97 Å². The Morgan fingerprint density at radius 2 is 2.11 bits per heavy atom. The molecule has 0 amide bonds. The van der Waals surface area contributed by atoms with Crippen molar-refractivity contribution < 1.29 is 4.74 Å². The summed E-state index contributed by atoms with van der Waals surface area (Å²) in [5, 5.41) is 0.500. The lowest BCUT2D eigenvalue weighted by Gasteiger charge is -2.08. The van der Waals surface area contributed by atoms with Gasteiger partial charge in [0.25, 0.3) is 0 Å². The molecule has 0 unspecified atom stereocenters. The van der Waals surface area contributed by atoms with Gasteiger partial charge < -0.3 is 10.5 Å². The third-order valence-corrected chi connectivity index (χ3v) is 2.69. The zero-order valence-corrected chi connectivity index (χ0v) is 10.8. The van der Waals surface area contributed by atoms with Crippen LogP contribution in [0.25, 0.3) is 0 Å². The Labute approximate surface area is 111 Å². The van der Waals surface area contributed by atoms with Gasteiger partial charge in [-0.1, -0.05) is 24.9 Å². The van der Waals surface area contributed by atoms with Crippen molar-refractivity contribution in [3.05, 3.63) is 41.3 Å². The monoisotopic (exact) mass is 263 g/mol. The highest BCUT2D eigenvalue weighted by Crippen LogP contribution is 2.30. The average molecular weight is 264 g/mol. The highest BCUT2D eigenvalue weighted by atomic mass is 35.5. The van der Waals surface area contributed by atoms with Crippen LogP contribution >= 0.6 is 11.6 Å². The number of hydrogen-bond donors (Lipinski definition) is 1. The van der Waals surface area contributed by atoms with E-state index in [1.807, 2.05) is 6.07 Å². The first kappa shape index (κ1) is 12.6. The Bertz CT molecular complexity index is 546. The maximum absolute atomic E-state index is 6.02. The van der Waals surface area contributed by atoms with E-state index >= 15 is 0 Å². The lowest BCUT2D eigenvalue weighted by molar-refractivity contribution is 0.460. The molecule has 0 saturated heterocycles. The van der Waals surface area contributed by atoms with E-state index in [0.29, 0.717) is 22.3 Å². The number of nitrogens with two attached hydrogens (primary N) is 1. The number of nitrogens with zero attached hydrogens (tertiary/aromatic N) is 2. The van der Waals surface area contributed by atoms with Gasteiger partial charge in [-0.3, -0.25) is 0 Å². The topological polar surface area (TPSA) is 61.0 Å². The molecule has 0 saturated carbocycles. The van der Waals surface area contributed by atoms with Gasteiger partial charge in [0.2, 0.25) is 5.88 Å². The molecule has 0 atom stereocenters. The molecule has 1 aromatic carbocycles. The van der Waals surface area contributed by atoms with Gasteiger partial charge >= 0.3 is 0 Å². The smallest absolute Gasteiger partial charge is 0.222 e. The predicted molar refractivity (Wildman–Crippen MR) is 72.0 cm³/mol. The van der Waals surface area contributed by atoms with Gasteiger partial charge in [-0.05, 0) is 18.6 Å². The Hall–Kier alpha value is -1.81. The Morgan fingerprint density at radius 1 is 1.28 bits per heavy atom. The van der Waals surface area contributed by atoms with Gasteiger partial charge in [-0.15, -0.1) is 0 Å². The molecule has 0 aliphatic heterocycles. The van der Waals surface area contributed by atoms with Gasteiger partial charge in [0.05, 0.1) is 5.02 Å². The van der Waals surface area contributed by atoms with Crippen molar-refractivity contribution in [1.82, 2.24) is 9.97 Å². The molecule has 0 spiro atoms. The number of halogens is 1. The fourth-order valence-electron chi connectivity index (χ4n) is 1.54. The van der Waals surface area contributed by atoms with Crippen LogP contribution in [0.5, 0.6) is 11.6 Å². The summed E-state index contributed by atoms with van der Waals surface area (Å²) in [4.78, 5) is 8.22. The van der Waals surface area contributed by atoms with E-state index in [9.17, 15) is 0 Å². The van der Waals surface area contributed by atoms with E-state index in [-0.39, 0.29) is 0 Å². The molecule has 0 bridgehead atoms. The second kappa shape index (κ2) is 5.69. The summed E-state index contributed by atoms with van der Waals surface area (Å²) in [6.07, 6.45) is 3.40. The van der Waals surface area contributed by atoms with Crippen LogP contribution in [0.3, 0.4) is 0 Å². The van der Waals surface area contributed by atoms with Crippen molar-refractivity contribution in [3.63, 3.8) is 0 Å². The zero-order valence-electron chi connectivity index (χ0n) is 10.1. The van der Waals surface area contributed by atoms with Crippen molar-refractivity contribution >= 4 is 17.3 Å². The predicted octanol–water partition coefficient (Wildman–Crippen LogP) is 3.46. The number of ether oxygens (including phenoxy) is 1. The molecule has 94 valence electrons. The third-order valence-electron chi connectivity index (χ3n) is 2.37. The summed E-state index contributed by atoms with van der Waals surface area (Å²) in [6, 6.07) is 6.89. The van der Waals surface area contributed by atoms with Crippen LogP contribution in [0.15, 0.2) is 30.6 Å². The molecular formula is C13H14ClN3O. The van der Waals surface area contributed by atoms with E-state index in [1.165, 1.54) is 6.33 Å². The first-order valence-corrected chi connectivity index (χ1v) is 6.10. The second-order valence-corrected chi connectivity index (χ2v) is 4.30. The van der Waals surface area contributed by atoms with Gasteiger partial charge in [0, 0.05) is 23.5 Å². The number of nitrogen functional groups attached to an aromatic ring is 1. The third kappa shape index (κ3) is 3.11. The first-order valence-electron chi connectivity index (χ1n) is 5.73. The van der Waals surface area contributed by atoms with Gasteiger partial charge in [0.1, 0.15) is 12.1 Å². The Kier molecular flexibility index (Phi) is 3.99. The molecule has 2 N–H and O–H groups in total. The fraction of sp³-hybridized carbons (Fsp3) is 0.231. The lowest BCUT2D eigenvalue weighted by atomic mass is 10.2. The summed E-state index contributed by atoms with van der Waals surface area (Å²) < 4.78 is 5.61. The molecule has 2 rings (SSSR count). The molecule has 1 heterocycles. The van der Waals surface area contributed by atoms with Crippen molar-refractivity contribution in [3.8, 4) is 11.6 Å². The number of benzene rings is 1. The largest absolute Gasteiger partial charge is 0.437 e. The minimum Gasteiger partial charge on any atom is -0.437 e. The van der Waals surface area contributed by atoms with Crippen LogP contribution in [-0.2, 0) is 6.42 Å². The summed E-state index contributed by atoms with van der Waals surface area (Å²) in [5.41, 5.74) is 7.23. The Morgan fingerprint density at radius 3 is 2.89 bits per heavy atom. The van der Waals surface area contributed by atoms with Gasteiger partial charge in [-0.2, -0.15) is 0 Å². The minimum absolute atomic E-state index is 0.473. The Balaban J connectivity index is 2.22. The number of hydrogen-bond acceptors (Lipinski definition) is 4. The molecule has 0 radical (unpaired) electrons. The maximum atomic E-state index is 6.02. The number of rotatable bonds is 4. The average Bonchev–Trinajstić information content (AvgIpc) is 2.35. The van der Waals surface area contributed by atoms with Gasteiger partial charge in [-0.25, -0.2) is 9.97 Å². The standard InChI is InChI=1S/C13H14ClN3O/c1-2-3-10-7-13(17-8-16-10)18-12-6-9(15)4-5-11(12)14/h4-8H,2-3,15H2,1H3. The SMILES string of the molecule is CCCc1cc(Oc2cc(N)ccc2Cl)ncn1. The molecule has 0 fully saturated rings. The minimum atomic E-state index is 0.473. The number of aryl methyl sites for hydroxylation is 1. The molecule has 0 aliphatic carbocycles. The quantitative estimate of drug-likeness (QED) is 0.858. The van der Waals surface area contributed by atoms with Crippen LogP contribution in [0, 0.1) is 0 Å². The maximum Gasteiger partial charge on any atom is 0.222 e. The number of anilines is 1. The van der Waals surface area contributed by atoms with E-state index in [2.05, 4.69) is 16.9 Å².